The van der Waals surface area contributed by atoms with E-state index in [9.17, 15) is 5.11 Å². The number of aliphatic hydroxyl groups is 1. The highest BCUT2D eigenvalue weighted by molar-refractivity contribution is 7.99. The Morgan fingerprint density at radius 2 is 1.80 bits per heavy atom. The van der Waals surface area contributed by atoms with E-state index in [1.165, 1.54) is 16.7 Å². The van der Waals surface area contributed by atoms with Crippen molar-refractivity contribution < 1.29 is 5.11 Å². The molecule has 0 bridgehead atoms. The van der Waals surface area contributed by atoms with E-state index in [4.69, 9.17) is 0 Å². The fourth-order valence-corrected chi connectivity index (χ4v) is 3.49. The standard InChI is InChI=1S/C13H18OS/c1-9-6-11(3)12(7-10(9)2)13(14)4-5-15-8-13/h6-7,14H,4-5,8H2,1-3H3. The minimum Gasteiger partial charge on any atom is -0.384 e. The van der Waals surface area contributed by atoms with Crippen molar-refractivity contribution in [3.05, 3.63) is 34.4 Å². The van der Waals surface area contributed by atoms with Gasteiger partial charge in [-0.15, -0.1) is 0 Å². The van der Waals surface area contributed by atoms with Crippen LogP contribution in [-0.2, 0) is 5.60 Å². The highest BCUT2D eigenvalue weighted by Crippen LogP contribution is 2.38. The third kappa shape index (κ3) is 1.93. The number of thioether (sulfide) groups is 1. The lowest BCUT2D eigenvalue weighted by Gasteiger charge is -2.25. The average Bonchev–Trinajstić information content (AvgIpc) is 2.60. The van der Waals surface area contributed by atoms with Gasteiger partial charge in [-0.3, -0.25) is 0 Å². The topological polar surface area (TPSA) is 20.2 Å². The van der Waals surface area contributed by atoms with Crippen LogP contribution in [0.15, 0.2) is 12.1 Å². The van der Waals surface area contributed by atoms with Gasteiger partial charge in [0.2, 0.25) is 0 Å². The fraction of sp³-hybridized carbons (Fsp3) is 0.538. The maximum atomic E-state index is 10.5. The van der Waals surface area contributed by atoms with Crippen molar-refractivity contribution in [1.29, 1.82) is 0 Å². The molecule has 1 unspecified atom stereocenters. The van der Waals surface area contributed by atoms with Gasteiger partial charge < -0.3 is 5.11 Å². The van der Waals surface area contributed by atoms with Crippen molar-refractivity contribution in [2.45, 2.75) is 32.8 Å². The highest BCUT2D eigenvalue weighted by atomic mass is 32.2. The van der Waals surface area contributed by atoms with E-state index in [2.05, 4.69) is 32.9 Å². The molecular weight excluding hydrogens is 204 g/mol. The second-order valence-corrected chi connectivity index (χ2v) is 5.69. The molecule has 1 aromatic rings. The van der Waals surface area contributed by atoms with Gasteiger partial charge in [0.25, 0.3) is 0 Å². The molecular formula is C13H18OS. The van der Waals surface area contributed by atoms with Crippen LogP contribution in [0.3, 0.4) is 0 Å². The van der Waals surface area contributed by atoms with Crippen molar-refractivity contribution in [2.75, 3.05) is 11.5 Å². The monoisotopic (exact) mass is 222 g/mol. The molecule has 1 fully saturated rings. The zero-order valence-electron chi connectivity index (χ0n) is 9.63. The average molecular weight is 222 g/mol. The van der Waals surface area contributed by atoms with Crippen LogP contribution in [0.4, 0.5) is 0 Å². The fourth-order valence-electron chi connectivity index (χ4n) is 2.23. The van der Waals surface area contributed by atoms with Crippen molar-refractivity contribution in [3.8, 4) is 0 Å². The first-order valence-corrected chi connectivity index (χ1v) is 6.57. The van der Waals surface area contributed by atoms with E-state index in [-0.39, 0.29) is 0 Å². The molecule has 82 valence electrons. The molecule has 1 aliphatic rings. The van der Waals surface area contributed by atoms with Crippen LogP contribution < -0.4 is 0 Å². The Balaban J connectivity index is 2.48. The summed E-state index contributed by atoms with van der Waals surface area (Å²) in [5.74, 6) is 1.92. The van der Waals surface area contributed by atoms with Gasteiger partial charge in [-0.1, -0.05) is 12.1 Å². The molecule has 2 heteroatoms. The Morgan fingerprint density at radius 1 is 1.13 bits per heavy atom. The summed E-state index contributed by atoms with van der Waals surface area (Å²) in [6.07, 6.45) is 0.890. The summed E-state index contributed by atoms with van der Waals surface area (Å²) in [4.78, 5) is 0. The predicted octanol–water partition coefficient (Wildman–Crippen LogP) is 2.94. The van der Waals surface area contributed by atoms with Crippen LogP contribution in [-0.4, -0.2) is 16.6 Å². The Hall–Kier alpha value is -0.470. The molecule has 1 heterocycles. The van der Waals surface area contributed by atoms with E-state index < -0.39 is 5.60 Å². The van der Waals surface area contributed by atoms with Crippen molar-refractivity contribution in [1.82, 2.24) is 0 Å². The van der Waals surface area contributed by atoms with Gasteiger partial charge in [0.15, 0.2) is 0 Å². The first kappa shape index (κ1) is 11.0. The lowest BCUT2D eigenvalue weighted by molar-refractivity contribution is 0.0650. The van der Waals surface area contributed by atoms with Crippen LogP contribution in [0.2, 0.25) is 0 Å². The van der Waals surface area contributed by atoms with Crippen LogP contribution in [0.1, 0.15) is 28.7 Å². The summed E-state index contributed by atoms with van der Waals surface area (Å²) >= 11 is 1.84. The lowest BCUT2D eigenvalue weighted by atomic mass is 9.87. The van der Waals surface area contributed by atoms with E-state index in [1.807, 2.05) is 11.8 Å². The molecule has 2 rings (SSSR count). The Bertz CT molecular complexity index is 378. The third-order valence-corrected chi connectivity index (χ3v) is 4.52. The van der Waals surface area contributed by atoms with Gasteiger partial charge in [-0.05, 0) is 55.2 Å². The SMILES string of the molecule is Cc1cc(C)c(C2(O)CCSC2)cc1C. The van der Waals surface area contributed by atoms with E-state index in [0.29, 0.717) is 0 Å². The summed E-state index contributed by atoms with van der Waals surface area (Å²) in [5.41, 5.74) is 4.37. The summed E-state index contributed by atoms with van der Waals surface area (Å²) < 4.78 is 0. The summed E-state index contributed by atoms with van der Waals surface area (Å²) in [5, 5.41) is 10.5. The number of aryl methyl sites for hydroxylation is 3. The number of hydrogen-bond donors (Lipinski definition) is 1. The van der Waals surface area contributed by atoms with Crippen molar-refractivity contribution in [2.24, 2.45) is 0 Å². The maximum absolute atomic E-state index is 10.5. The molecule has 0 aliphatic carbocycles. The third-order valence-electron chi connectivity index (χ3n) is 3.34. The van der Waals surface area contributed by atoms with Gasteiger partial charge in [-0.2, -0.15) is 11.8 Å². The minimum absolute atomic E-state index is 0.576. The minimum atomic E-state index is -0.576. The lowest BCUT2D eigenvalue weighted by Crippen LogP contribution is -2.26. The number of hydrogen-bond acceptors (Lipinski definition) is 2. The van der Waals surface area contributed by atoms with Crippen LogP contribution in [0, 0.1) is 20.8 Å². The molecule has 0 aromatic heterocycles. The molecule has 1 aliphatic heterocycles. The van der Waals surface area contributed by atoms with Crippen molar-refractivity contribution in [3.63, 3.8) is 0 Å². The molecule has 0 saturated carbocycles. The summed E-state index contributed by atoms with van der Waals surface area (Å²) in [7, 11) is 0. The smallest absolute Gasteiger partial charge is 0.0997 e. The molecule has 0 radical (unpaired) electrons. The zero-order chi connectivity index (χ0) is 11.1. The largest absolute Gasteiger partial charge is 0.384 e. The van der Waals surface area contributed by atoms with Gasteiger partial charge in [0, 0.05) is 5.75 Å². The quantitative estimate of drug-likeness (QED) is 0.788. The van der Waals surface area contributed by atoms with Gasteiger partial charge in [-0.25, -0.2) is 0 Å². The maximum Gasteiger partial charge on any atom is 0.0997 e. The molecule has 0 spiro atoms. The molecule has 1 saturated heterocycles. The summed E-state index contributed by atoms with van der Waals surface area (Å²) in [6, 6.07) is 4.35. The normalized spacial score (nSPS) is 25.9. The van der Waals surface area contributed by atoms with Gasteiger partial charge >= 0.3 is 0 Å². The first-order valence-electron chi connectivity index (χ1n) is 5.41. The zero-order valence-corrected chi connectivity index (χ0v) is 10.4. The van der Waals surface area contributed by atoms with E-state index in [0.717, 1.165) is 23.5 Å². The van der Waals surface area contributed by atoms with E-state index >= 15 is 0 Å². The second kappa shape index (κ2) is 3.84. The molecule has 1 atom stereocenters. The van der Waals surface area contributed by atoms with E-state index in [1.54, 1.807) is 0 Å². The Kier molecular flexibility index (Phi) is 2.82. The van der Waals surface area contributed by atoms with Crippen molar-refractivity contribution >= 4 is 11.8 Å². The number of rotatable bonds is 1. The predicted molar refractivity (Wildman–Crippen MR) is 66.5 cm³/mol. The first-order chi connectivity index (χ1) is 7.03. The molecule has 15 heavy (non-hydrogen) atoms. The Labute approximate surface area is 95.9 Å². The number of benzene rings is 1. The molecule has 1 nitrogen and oxygen atoms in total. The van der Waals surface area contributed by atoms with Crippen LogP contribution in [0.5, 0.6) is 0 Å². The molecule has 1 N–H and O–H groups in total. The molecule has 1 aromatic carbocycles. The molecule has 0 amide bonds. The van der Waals surface area contributed by atoms with Gasteiger partial charge in [0.05, 0.1) is 5.60 Å². The van der Waals surface area contributed by atoms with Crippen LogP contribution >= 0.6 is 11.8 Å². The highest BCUT2D eigenvalue weighted by Gasteiger charge is 2.34. The second-order valence-electron chi connectivity index (χ2n) is 4.59. The van der Waals surface area contributed by atoms with Crippen LogP contribution in [0.25, 0.3) is 0 Å². The Morgan fingerprint density at radius 3 is 2.40 bits per heavy atom. The van der Waals surface area contributed by atoms with Gasteiger partial charge in [0.1, 0.15) is 0 Å². The summed E-state index contributed by atoms with van der Waals surface area (Å²) in [6.45, 7) is 6.34.